The SMILES string of the molecule is CC(C)CNS(=O)(=O)Nc1ccc(Br)cc1. The molecule has 16 heavy (non-hydrogen) atoms. The van der Waals surface area contributed by atoms with Gasteiger partial charge in [0, 0.05) is 16.7 Å². The average molecular weight is 307 g/mol. The highest BCUT2D eigenvalue weighted by molar-refractivity contribution is 9.10. The zero-order valence-corrected chi connectivity index (χ0v) is 11.6. The highest BCUT2D eigenvalue weighted by Gasteiger charge is 2.09. The maximum absolute atomic E-state index is 11.6. The number of anilines is 1. The van der Waals surface area contributed by atoms with E-state index in [1.165, 1.54) is 0 Å². The summed E-state index contributed by atoms with van der Waals surface area (Å²) in [6, 6.07) is 6.94. The minimum absolute atomic E-state index is 0.279. The van der Waals surface area contributed by atoms with Crippen molar-refractivity contribution in [3.05, 3.63) is 28.7 Å². The van der Waals surface area contributed by atoms with Crippen LogP contribution in [0.1, 0.15) is 13.8 Å². The second-order valence-electron chi connectivity index (χ2n) is 3.85. The molecule has 0 atom stereocenters. The number of nitrogens with one attached hydrogen (secondary N) is 2. The van der Waals surface area contributed by atoms with Crippen LogP contribution in [0.2, 0.25) is 0 Å². The van der Waals surface area contributed by atoms with Gasteiger partial charge in [-0.15, -0.1) is 0 Å². The molecule has 0 heterocycles. The van der Waals surface area contributed by atoms with Crippen LogP contribution in [0, 0.1) is 5.92 Å². The van der Waals surface area contributed by atoms with Crippen molar-refractivity contribution in [2.75, 3.05) is 11.3 Å². The van der Waals surface area contributed by atoms with Crippen molar-refractivity contribution >= 4 is 31.8 Å². The molecule has 0 aliphatic heterocycles. The third kappa shape index (κ3) is 4.96. The van der Waals surface area contributed by atoms with Crippen LogP contribution in [-0.2, 0) is 10.2 Å². The molecule has 4 nitrogen and oxygen atoms in total. The lowest BCUT2D eigenvalue weighted by Crippen LogP contribution is -2.32. The molecule has 0 radical (unpaired) electrons. The van der Waals surface area contributed by atoms with Crippen LogP contribution in [0.25, 0.3) is 0 Å². The van der Waals surface area contributed by atoms with Crippen molar-refractivity contribution in [3.8, 4) is 0 Å². The Balaban J connectivity index is 2.62. The van der Waals surface area contributed by atoms with E-state index in [-0.39, 0.29) is 5.92 Å². The van der Waals surface area contributed by atoms with Gasteiger partial charge in [-0.05, 0) is 30.2 Å². The number of hydrogen-bond donors (Lipinski definition) is 2. The first-order chi connectivity index (χ1) is 7.39. The molecule has 1 rings (SSSR count). The van der Waals surface area contributed by atoms with Gasteiger partial charge in [0.2, 0.25) is 0 Å². The highest BCUT2D eigenvalue weighted by Crippen LogP contribution is 2.14. The Bertz CT molecular complexity index is 429. The van der Waals surface area contributed by atoms with Crippen LogP contribution >= 0.6 is 15.9 Å². The fourth-order valence-electron chi connectivity index (χ4n) is 0.986. The first-order valence-corrected chi connectivity index (χ1v) is 7.19. The molecule has 90 valence electrons. The largest absolute Gasteiger partial charge is 0.299 e. The van der Waals surface area contributed by atoms with Gasteiger partial charge in [-0.1, -0.05) is 29.8 Å². The molecule has 0 fully saturated rings. The zero-order valence-electron chi connectivity index (χ0n) is 9.20. The predicted octanol–water partition coefficient (Wildman–Crippen LogP) is 2.35. The highest BCUT2D eigenvalue weighted by atomic mass is 79.9. The van der Waals surface area contributed by atoms with E-state index < -0.39 is 10.2 Å². The maximum atomic E-state index is 11.6. The van der Waals surface area contributed by atoms with E-state index in [0.717, 1.165) is 4.47 Å². The number of rotatable bonds is 5. The van der Waals surface area contributed by atoms with Gasteiger partial charge in [-0.3, -0.25) is 4.72 Å². The number of benzene rings is 1. The Hall–Kier alpha value is -0.590. The van der Waals surface area contributed by atoms with Crippen molar-refractivity contribution in [1.29, 1.82) is 0 Å². The van der Waals surface area contributed by atoms with Crippen LogP contribution in [0.4, 0.5) is 5.69 Å². The van der Waals surface area contributed by atoms with Crippen molar-refractivity contribution in [1.82, 2.24) is 4.72 Å². The van der Waals surface area contributed by atoms with Crippen LogP contribution in [-0.4, -0.2) is 15.0 Å². The molecule has 0 aliphatic rings. The molecule has 6 heteroatoms. The normalized spacial score (nSPS) is 11.8. The van der Waals surface area contributed by atoms with Gasteiger partial charge in [0.1, 0.15) is 0 Å². The van der Waals surface area contributed by atoms with E-state index >= 15 is 0 Å². The topological polar surface area (TPSA) is 58.2 Å². The summed E-state index contributed by atoms with van der Waals surface area (Å²) in [5.74, 6) is 0.279. The summed E-state index contributed by atoms with van der Waals surface area (Å²) >= 11 is 3.28. The van der Waals surface area contributed by atoms with Gasteiger partial charge >= 0.3 is 0 Å². The van der Waals surface area contributed by atoms with Crippen molar-refractivity contribution in [2.24, 2.45) is 5.92 Å². The van der Waals surface area contributed by atoms with Gasteiger partial charge in [-0.2, -0.15) is 13.1 Å². The van der Waals surface area contributed by atoms with E-state index in [1.54, 1.807) is 24.3 Å². The summed E-state index contributed by atoms with van der Waals surface area (Å²) < 4.78 is 28.9. The smallest absolute Gasteiger partial charge is 0.271 e. The average Bonchev–Trinajstić information content (AvgIpc) is 2.19. The standard InChI is InChI=1S/C10H15BrN2O2S/c1-8(2)7-12-16(14,15)13-10-5-3-9(11)4-6-10/h3-6,8,12-13H,7H2,1-2H3. The number of hydrogen-bond acceptors (Lipinski definition) is 2. The summed E-state index contributed by atoms with van der Waals surface area (Å²) in [7, 11) is -3.46. The molecule has 0 unspecified atom stereocenters. The van der Waals surface area contributed by atoms with Crippen molar-refractivity contribution < 1.29 is 8.42 Å². The van der Waals surface area contributed by atoms with Gasteiger partial charge in [0.05, 0.1) is 0 Å². The molecule has 0 spiro atoms. The summed E-state index contributed by atoms with van der Waals surface area (Å²) in [6.45, 7) is 4.32. The lowest BCUT2D eigenvalue weighted by Gasteiger charge is -2.10. The van der Waals surface area contributed by atoms with E-state index in [2.05, 4.69) is 25.4 Å². The fraction of sp³-hybridized carbons (Fsp3) is 0.400. The molecule has 0 saturated heterocycles. The van der Waals surface area contributed by atoms with Gasteiger partial charge in [0.15, 0.2) is 0 Å². The molecular formula is C10H15BrN2O2S. The molecule has 0 bridgehead atoms. The first-order valence-electron chi connectivity index (χ1n) is 4.92. The molecule has 1 aromatic rings. The third-order valence-electron chi connectivity index (χ3n) is 1.78. The summed E-state index contributed by atoms with van der Waals surface area (Å²) in [4.78, 5) is 0. The van der Waals surface area contributed by atoms with E-state index in [4.69, 9.17) is 0 Å². The minimum atomic E-state index is -3.46. The zero-order chi connectivity index (χ0) is 12.2. The van der Waals surface area contributed by atoms with Crippen LogP contribution in [0.15, 0.2) is 28.7 Å². The molecule has 0 aliphatic carbocycles. The summed E-state index contributed by atoms with van der Waals surface area (Å²) in [5.41, 5.74) is 0.541. The summed E-state index contributed by atoms with van der Waals surface area (Å²) in [5, 5.41) is 0. The molecule has 0 amide bonds. The third-order valence-corrected chi connectivity index (χ3v) is 3.36. The van der Waals surface area contributed by atoms with Crippen molar-refractivity contribution in [2.45, 2.75) is 13.8 Å². The Kier molecular flexibility index (Phi) is 4.76. The molecular weight excluding hydrogens is 292 g/mol. The maximum Gasteiger partial charge on any atom is 0.299 e. The molecule has 0 aromatic heterocycles. The van der Waals surface area contributed by atoms with Gasteiger partial charge in [0.25, 0.3) is 10.2 Å². The van der Waals surface area contributed by atoms with Crippen molar-refractivity contribution in [3.63, 3.8) is 0 Å². The Labute approximate surface area is 105 Å². The molecule has 0 saturated carbocycles. The molecule has 2 N–H and O–H groups in total. The van der Waals surface area contributed by atoms with E-state index in [9.17, 15) is 8.42 Å². The monoisotopic (exact) mass is 306 g/mol. The predicted molar refractivity (Wildman–Crippen MR) is 69.5 cm³/mol. The Morgan fingerprint density at radius 3 is 2.31 bits per heavy atom. The lowest BCUT2D eigenvalue weighted by atomic mass is 10.2. The van der Waals surface area contributed by atoms with Crippen LogP contribution in [0.3, 0.4) is 0 Å². The number of halogens is 1. The Morgan fingerprint density at radius 2 is 1.81 bits per heavy atom. The second-order valence-corrected chi connectivity index (χ2v) is 6.27. The van der Waals surface area contributed by atoms with E-state index in [0.29, 0.717) is 12.2 Å². The van der Waals surface area contributed by atoms with Crippen LogP contribution in [0.5, 0.6) is 0 Å². The van der Waals surface area contributed by atoms with Crippen LogP contribution < -0.4 is 9.44 Å². The van der Waals surface area contributed by atoms with Gasteiger partial charge in [-0.25, -0.2) is 0 Å². The molecule has 1 aromatic carbocycles. The van der Waals surface area contributed by atoms with Gasteiger partial charge < -0.3 is 0 Å². The Morgan fingerprint density at radius 1 is 1.25 bits per heavy atom. The quantitative estimate of drug-likeness (QED) is 0.877. The first kappa shape index (κ1) is 13.5. The lowest BCUT2D eigenvalue weighted by molar-refractivity contribution is 0.565. The second kappa shape index (κ2) is 5.65. The fourth-order valence-corrected chi connectivity index (χ4v) is 2.32. The minimum Gasteiger partial charge on any atom is -0.271 e. The summed E-state index contributed by atoms with van der Waals surface area (Å²) in [6.07, 6.45) is 0. The van der Waals surface area contributed by atoms with E-state index in [1.807, 2.05) is 13.8 Å².